The van der Waals surface area contributed by atoms with Gasteiger partial charge in [-0.2, -0.15) is 5.26 Å². The zero-order chi connectivity index (χ0) is 13.5. The number of hydrogen-bond acceptors (Lipinski definition) is 3. The maximum Gasteiger partial charge on any atom is 0.121 e. The molecule has 3 nitrogen and oxygen atoms in total. The van der Waals surface area contributed by atoms with E-state index in [0.29, 0.717) is 5.92 Å². The minimum absolute atomic E-state index is 0.143. The van der Waals surface area contributed by atoms with Gasteiger partial charge in [0.2, 0.25) is 0 Å². The van der Waals surface area contributed by atoms with Crippen LogP contribution in [0.3, 0.4) is 0 Å². The maximum absolute atomic E-state index is 9.21. The lowest BCUT2D eigenvalue weighted by Gasteiger charge is -2.15. The van der Waals surface area contributed by atoms with Gasteiger partial charge in [-0.3, -0.25) is 5.32 Å². The van der Waals surface area contributed by atoms with Crippen molar-refractivity contribution >= 4 is 0 Å². The highest BCUT2D eigenvalue weighted by atomic mass is 16.5. The molecule has 0 heterocycles. The van der Waals surface area contributed by atoms with Crippen molar-refractivity contribution in [2.45, 2.75) is 39.8 Å². The summed E-state index contributed by atoms with van der Waals surface area (Å²) in [5, 5.41) is 12.5. The van der Waals surface area contributed by atoms with Crippen LogP contribution in [0.15, 0.2) is 24.3 Å². The summed E-state index contributed by atoms with van der Waals surface area (Å²) in [4.78, 5) is 0. The highest BCUT2D eigenvalue weighted by Crippen LogP contribution is 2.20. The molecule has 1 atom stereocenters. The Hall–Kier alpha value is -1.53. The van der Waals surface area contributed by atoms with E-state index in [1.54, 1.807) is 0 Å². The molecule has 1 rings (SSSR count). The van der Waals surface area contributed by atoms with Crippen LogP contribution in [0.1, 0.15) is 39.3 Å². The van der Waals surface area contributed by atoms with Crippen LogP contribution in [0.25, 0.3) is 0 Å². The van der Waals surface area contributed by atoms with E-state index >= 15 is 0 Å². The first-order valence-corrected chi connectivity index (χ1v) is 6.42. The summed E-state index contributed by atoms with van der Waals surface area (Å²) in [5.74, 6) is 1.34. The van der Waals surface area contributed by atoms with Gasteiger partial charge in [0.05, 0.1) is 12.2 Å². The van der Waals surface area contributed by atoms with Gasteiger partial charge in [0.25, 0.3) is 0 Å². The second-order valence-corrected chi connectivity index (χ2v) is 5.10. The molecule has 1 unspecified atom stereocenters. The van der Waals surface area contributed by atoms with Crippen molar-refractivity contribution in [2.24, 2.45) is 5.92 Å². The molecule has 0 saturated carbocycles. The van der Waals surface area contributed by atoms with E-state index < -0.39 is 0 Å². The Morgan fingerprint density at radius 1 is 1.28 bits per heavy atom. The standard InChI is InChI=1S/C15H22N2O/c1-11(2)10-17-15(9-16)13-6-5-7-14(8-13)18-12(3)4/h5-8,11-12,15,17H,10H2,1-4H3. The van der Waals surface area contributed by atoms with Gasteiger partial charge in [-0.25, -0.2) is 0 Å². The van der Waals surface area contributed by atoms with E-state index in [1.165, 1.54) is 0 Å². The van der Waals surface area contributed by atoms with Gasteiger partial charge in [-0.15, -0.1) is 0 Å². The van der Waals surface area contributed by atoms with Crippen molar-refractivity contribution in [2.75, 3.05) is 6.54 Å². The zero-order valence-corrected chi connectivity index (χ0v) is 11.6. The summed E-state index contributed by atoms with van der Waals surface area (Å²) < 4.78 is 5.64. The molecule has 18 heavy (non-hydrogen) atoms. The summed E-state index contributed by atoms with van der Waals surface area (Å²) in [6.45, 7) is 9.06. The quantitative estimate of drug-likeness (QED) is 0.837. The lowest BCUT2D eigenvalue weighted by Crippen LogP contribution is -2.24. The number of ether oxygens (including phenoxy) is 1. The normalized spacial score (nSPS) is 12.5. The molecule has 0 aliphatic carbocycles. The number of nitrogens with one attached hydrogen (secondary N) is 1. The molecule has 0 saturated heterocycles. The lowest BCUT2D eigenvalue weighted by atomic mass is 10.1. The van der Waals surface area contributed by atoms with Crippen molar-refractivity contribution in [3.05, 3.63) is 29.8 Å². The Morgan fingerprint density at radius 3 is 2.56 bits per heavy atom. The van der Waals surface area contributed by atoms with Gasteiger partial charge in [-0.05, 0) is 44.0 Å². The van der Waals surface area contributed by atoms with Crippen LogP contribution >= 0.6 is 0 Å². The van der Waals surface area contributed by atoms with E-state index in [-0.39, 0.29) is 12.1 Å². The van der Waals surface area contributed by atoms with Gasteiger partial charge < -0.3 is 4.74 Å². The molecule has 0 aliphatic heterocycles. The Labute approximate surface area is 110 Å². The predicted octanol–water partition coefficient (Wildman–Crippen LogP) is 3.28. The molecule has 1 N–H and O–H groups in total. The zero-order valence-electron chi connectivity index (χ0n) is 11.6. The molecule has 0 aliphatic rings. The van der Waals surface area contributed by atoms with Crippen LogP contribution in [0.5, 0.6) is 5.75 Å². The number of rotatable bonds is 6. The molecule has 0 amide bonds. The van der Waals surface area contributed by atoms with E-state index in [9.17, 15) is 5.26 Å². The van der Waals surface area contributed by atoms with E-state index in [1.807, 2.05) is 38.1 Å². The number of nitrogens with zero attached hydrogens (tertiary/aromatic N) is 1. The summed E-state index contributed by atoms with van der Waals surface area (Å²) >= 11 is 0. The fraction of sp³-hybridized carbons (Fsp3) is 0.533. The fourth-order valence-corrected chi connectivity index (χ4v) is 1.63. The third-order valence-electron chi connectivity index (χ3n) is 2.42. The lowest BCUT2D eigenvalue weighted by molar-refractivity contribution is 0.242. The van der Waals surface area contributed by atoms with Gasteiger partial charge in [0.1, 0.15) is 11.8 Å². The van der Waals surface area contributed by atoms with Crippen LogP contribution in [-0.2, 0) is 0 Å². The number of nitriles is 1. The largest absolute Gasteiger partial charge is 0.491 e. The molecule has 0 radical (unpaired) electrons. The predicted molar refractivity (Wildman–Crippen MR) is 73.4 cm³/mol. The number of hydrogen-bond donors (Lipinski definition) is 1. The van der Waals surface area contributed by atoms with Crippen LogP contribution in [0.4, 0.5) is 0 Å². The highest BCUT2D eigenvalue weighted by Gasteiger charge is 2.11. The molecule has 0 bridgehead atoms. The Morgan fingerprint density at radius 2 is 2.00 bits per heavy atom. The molecule has 0 fully saturated rings. The van der Waals surface area contributed by atoms with E-state index in [2.05, 4.69) is 25.2 Å². The average Bonchev–Trinajstić information content (AvgIpc) is 2.29. The summed E-state index contributed by atoms with van der Waals surface area (Å²) in [6, 6.07) is 9.74. The minimum atomic E-state index is -0.275. The molecule has 0 spiro atoms. The van der Waals surface area contributed by atoms with Crippen LogP contribution < -0.4 is 10.1 Å². The Kier molecular flexibility index (Phi) is 5.67. The van der Waals surface area contributed by atoms with E-state index in [0.717, 1.165) is 17.9 Å². The summed E-state index contributed by atoms with van der Waals surface area (Å²) in [6.07, 6.45) is 0.143. The van der Waals surface area contributed by atoms with Crippen molar-refractivity contribution in [3.8, 4) is 11.8 Å². The van der Waals surface area contributed by atoms with Crippen LogP contribution in [0.2, 0.25) is 0 Å². The highest BCUT2D eigenvalue weighted by molar-refractivity contribution is 5.33. The molecule has 98 valence electrons. The average molecular weight is 246 g/mol. The summed E-state index contributed by atoms with van der Waals surface area (Å²) in [5.41, 5.74) is 0.955. The van der Waals surface area contributed by atoms with Crippen molar-refractivity contribution in [1.29, 1.82) is 5.26 Å². The van der Waals surface area contributed by atoms with Crippen LogP contribution in [-0.4, -0.2) is 12.6 Å². The van der Waals surface area contributed by atoms with Gasteiger partial charge in [0, 0.05) is 0 Å². The number of benzene rings is 1. The smallest absolute Gasteiger partial charge is 0.121 e. The molecule has 3 heteroatoms. The summed E-state index contributed by atoms with van der Waals surface area (Å²) in [7, 11) is 0. The third-order valence-corrected chi connectivity index (χ3v) is 2.42. The monoisotopic (exact) mass is 246 g/mol. The molecule has 1 aromatic rings. The first kappa shape index (κ1) is 14.5. The fourth-order valence-electron chi connectivity index (χ4n) is 1.63. The molecule has 1 aromatic carbocycles. The van der Waals surface area contributed by atoms with Crippen molar-refractivity contribution in [1.82, 2.24) is 5.32 Å². The van der Waals surface area contributed by atoms with Crippen molar-refractivity contribution < 1.29 is 4.74 Å². The van der Waals surface area contributed by atoms with Gasteiger partial charge >= 0.3 is 0 Å². The Bertz CT molecular complexity index is 407. The topological polar surface area (TPSA) is 45.0 Å². The molecular weight excluding hydrogens is 224 g/mol. The van der Waals surface area contributed by atoms with Gasteiger partial charge in [0.15, 0.2) is 0 Å². The van der Waals surface area contributed by atoms with E-state index in [4.69, 9.17) is 4.74 Å². The second kappa shape index (κ2) is 7.03. The third kappa shape index (κ3) is 4.77. The minimum Gasteiger partial charge on any atom is -0.491 e. The first-order chi connectivity index (χ1) is 8.52. The Balaban J connectivity index is 2.77. The second-order valence-electron chi connectivity index (χ2n) is 5.10. The van der Waals surface area contributed by atoms with Crippen molar-refractivity contribution in [3.63, 3.8) is 0 Å². The molecule has 0 aromatic heterocycles. The maximum atomic E-state index is 9.21. The van der Waals surface area contributed by atoms with Crippen LogP contribution in [0, 0.1) is 17.2 Å². The first-order valence-electron chi connectivity index (χ1n) is 6.42. The van der Waals surface area contributed by atoms with Gasteiger partial charge in [-0.1, -0.05) is 26.0 Å². The molecular formula is C15H22N2O. The SMILES string of the molecule is CC(C)CNC(C#N)c1cccc(OC(C)C)c1.